The summed E-state index contributed by atoms with van der Waals surface area (Å²) in [6.07, 6.45) is 0. The predicted molar refractivity (Wildman–Crippen MR) is 95.0 cm³/mol. The molecule has 4 rings (SSSR count). The molecular weight excluding hydrogens is 353 g/mol. The van der Waals surface area contributed by atoms with Crippen LogP contribution in [0.2, 0.25) is 0 Å². The van der Waals surface area contributed by atoms with E-state index >= 15 is 0 Å². The monoisotopic (exact) mass is 367 g/mol. The highest BCUT2D eigenvalue weighted by Crippen LogP contribution is 2.29. The fourth-order valence-corrected chi connectivity index (χ4v) is 2.59. The van der Waals surface area contributed by atoms with Gasteiger partial charge in [0.2, 0.25) is 5.89 Å². The van der Waals surface area contributed by atoms with E-state index in [1.807, 2.05) is 19.1 Å². The van der Waals surface area contributed by atoms with Gasteiger partial charge in [-0.3, -0.25) is 10.1 Å². The van der Waals surface area contributed by atoms with Crippen LogP contribution >= 0.6 is 0 Å². The maximum atomic E-state index is 13.3. The summed E-state index contributed by atoms with van der Waals surface area (Å²) >= 11 is 0. The Morgan fingerprint density at radius 1 is 1.15 bits per heavy atom. The van der Waals surface area contributed by atoms with E-state index in [9.17, 15) is 9.18 Å². The molecule has 0 bridgehead atoms. The highest BCUT2D eigenvalue weighted by atomic mass is 19.1. The van der Waals surface area contributed by atoms with Gasteiger partial charge in [0.05, 0.1) is 6.61 Å². The second-order valence-corrected chi connectivity index (χ2v) is 5.60. The van der Waals surface area contributed by atoms with Crippen molar-refractivity contribution in [2.75, 3.05) is 11.9 Å². The molecule has 0 saturated heterocycles. The molecule has 2 aromatic carbocycles. The molecule has 2 heterocycles. The molecule has 0 atom stereocenters. The summed E-state index contributed by atoms with van der Waals surface area (Å²) in [7, 11) is 0. The van der Waals surface area contributed by atoms with Crippen LogP contribution in [0.3, 0.4) is 0 Å². The fraction of sp³-hybridized carbons (Fsp3) is 0.105. The van der Waals surface area contributed by atoms with E-state index in [-0.39, 0.29) is 17.7 Å². The number of amides is 1. The van der Waals surface area contributed by atoms with Crippen LogP contribution in [0.5, 0.6) is 5.75 Å². The quantitative estimate of drug-likeness (QED) is 0.566. The number of carbonyl (C=O) groups excluding carboxylic acids is 1. The molecule has 0 spiro atoms. The standard InChI is InChI=1S/C19H14FN3O4/c1-2-25-14-8-4-5-11-10-15(26-16(11)14)17(24)21-19-23-22-18(27-19)12-6-3-7-13(20)9-12/h3-10H,2H2,1H3,(H,21,23,24). The maximum absolute atomic E-state index is 13.3. The summed E-state index contributed by atoms with van der Waals surface area (Å²) in [6.45, 7) is 2.34. The molecule has 27 heavy (non-hydrogen) atoms. The second-order valence-electron chi connectivity index (χ2n) is 5.60. The van der Waals surface area contributed by atoms with Crippen molar-refractivity contribution in [3.05, 3.63) is 60.1 Å². The van der Waals surface area contributed by atoms with Crippen LogP contribution in [0.1, 0.15) is 17.5 Å². The maximum Gasteiger partial charge on any atom is 0.322 e. The highest BCUT2D eigenvalue weighted by molar-refractivity contribution is 6.04. The van der Waals surface area contributed by atoms with Crippen molar-refractivity contribution in [3.8, 4) is 17.2 Å². The lowest BCUT2D eigenvalue weighted by Gasteiger charge is -2.02. The Morgan fingerprint density at radius 2 is 2.00 bits per heavy atom. The third-order valence-electron chi connectivity index (χ3n) is 3.75. The number of para-hydroxylation sites is 1. The first kappa shape index (κ1) is 16.8. The van der Waals surface area contributed by atoms with E-state index in [4.69, 9.17) is 13.6 Å². The number of nitrogens with zero attached hydrogens (tertiary/aromatic N) is 2. The van der Waals surface area contributed by atoms with E-state index in [1.165, 1.54) is 18.2 Å². The molecule has 1 amide bonds. The normalized spacial score (nSPS) is 10.9. The molecule has 0 fully saturated rings. The van der Waals surface area contributed by atoms with Gasteiger partial charge in [-0.05, 0) is 37.3 Å². The first-order valence-electron chi connectivity index (χ1n) is 8.20. The molecular formula is C19H14FN3O4. The number of ether oxygens (including phenoxy) is 1. The molecule has 136 valence electrons. The summed E-state index contributed by atoms with van der Waals surface area (Å²) in [5.74, 6) is -0.261. The molecule has 4 aromatic rings. The number of rotatable bonds is 5. The summed E-state index contributed by atoms with van der Waals surface area (Å²) in [4.78, 5) is 12.4. The molecule has 0 aliphatic rings. The number of fused-ring (bicyclic) bond motifs is 1. The molecule has 0 aliphatic heterocycles. The predicted octanol–water partition coefficient (Wildman–Crippen LogP) is 4.27. The zero-order valence-electron chi connectivity index (χ0n) is 14.2. The van der Waals surface area contributed by atoms with Crippen molar-refractivity contribution in [3.63, 3.8) is 0 Å². The first-order chi connectivity index (χ1) is 13.1. The molecule has 2 aromatic heterocycles. The van der Waals surface area contributed by atoms with E-state index in [0.29, 0.717) is 23.5 Å². The number of nitrogens with one attached hydrogen (secondary N) is 1. The average Bonchev–Trinajstić information content (AvgIpc) is 3.29. The molecule has 0 saturated carbocycles. The van der Waals surface area contributed by atoms with Crippen LogP contribution in [0.4, 0.5) is 10.4 Å². The number of anilines is 1. The van der Waals surface area contributed by atoms with Gasteiger partial charge in [-0.1, -0.05) is 23.3 Å². The van der Waals surface area contributed by atoms with Gasteiger partial charge in [0.1, 0.15) is 5.82 Å². The van der Waals surface area contributed by atoms with Gasteiger partial charge in [-0.25, -0.2) is 4.39 Å². The third-order valence-corrected chi connectivity index (χ3v) is 3.75. The number of hydrogen-bond acceptors (Lipinski definition) is 6. The number of aromatic nitrogens is 2. The Kier molecular flexibility index (Phi) is 4.29. The number of halogens is 1. The SMILES string of the molecule is CCOc1cccc2cc(C(=O)Nc3nnc(-c4cccc(F)c4)o3)oc12. The molecule has 8 heteroatoms. The fourth-order valence-electron chi connectivity index (χ4n) is 2.59. The van der Waals surface area contributed by atoms with Gasteiger partial charge in [0, 0.05) is 10.9 Å². The second kappa shape index (κ2) is 6.91. The lowest BCUT2D eigenvalue weighted by molar-refractivity contribution is 0.0995. The topological polar surface area (TPSA) is 90.4 Å². The zero-order valence-corrected chi connectivity index (χ0v) is 14.2. The summed E-state index contributed by atoms with van der Waals surface area (Å²) in [5.41, 5.74) is 0.892. The number of furan rings is 1. The van der Waals surface area contributed by atoms with E-state index in [0.717, 1.165) is 5.39 Å². The minimum absolute atomic E-state index is 0.0719. The van der Waals surface area contributed by atoms with Crippen molar-refractivity contribution in [2.24, 2.45) is 0 Å². The van der Waals surface area contributed by atoms with Crippen LogP contribution in [0.25, 0.3) is 22.4 Å². The van der Waals surface area contributed by atoms with Crippen molar-refractivity contribution < 1.29 is 22.8 Å². The average molecular weight is 367 g/mol. The van der Waals surface area contributed by atoms with Gasteiger partial charge in [0.15, 0.2) is 17.1 Å². The van der Waals surface area contributed by atoms with Crippen LogP contribution in [-0.2, 0) is 0 Å². The number of hydrogen-bond donors (Lipinski definition) is 1. The molecule has 0 radical (unpaired) electrons. The van der Waals surface area contributed by atoms with E-state index < -0.39 is 11.7 Å². The minimum atomic E-state index is -0.553. The summed E-state index contributed by atoms with van der Waals surface area (Å²) < 4.78 is 29.8. The van der Waals surface area contributed by atoms with Crippen LogP contribution in [-0.4, -0.2) is 22.7 Å². The van der Waals surface area contributed by atoms with Crippen molar-refractivity contribution >= 4 is 22.9 Å². The zero-order chi connectivity index (χ0) is 18.8. The summed E-state index contributed by atoms with van der Waals surface area (Å²) in [5, 5.41) is 10.8. The van der Waals surface area contributed by atoms with Gasteiger partial charge >= 0.3 is 6.01 Å². The molecule has 0 unspecified atom stereocenters. The molecule has 0 aliphatic carbocycles. The van der Waals surface area contributed by atoms with Crippen molar-refractivity contribution in [2.45, 2.75) is 6.92 Å². The number of benzene rings is 2. The van der Waals surface area contributed by atoms with Crippen LogP contribution < -0.4 is 10.1 Å². The smallest absolute Gasteiger partial charge is 0.322 e. The third kappa shape index (κ3) is 3.37. The van der Waals surface area contributed by atoms with Crippen molar-refractivity contribution in [1.82, 2.24) is 10.2 Å². The van der Waals surface area contributed by atoms with E-state index in [2.05, 4.69) is 15.5 Å². The largest absolute Gasteiger partial charge is 0.490 e. The van der Waals surface area contributed by atoms with Gasteiger partial charge in [-0.15, -0.1) is 5.10 Å². The number of carbonyl (C=O) groups is 1. The lowest BCUT2D eigenvalue weighted by Crippen LogP contribution is -2.10. The Bertz CT molecular complexity index is 1120. The molecule has 1 N–H and O–H groups in total. The summed E-state index contributed by atoms with van der Waals surface area (Å²) in [6, 6.07) is 12.6. The van der Waals surface area contributed by atoms with Crippen LogP contribution in [0, 0.1) is 5.82 Å². The lowest BCUT2D eigenvalue weighted by atomic mass is 10.2. The van der Waals surface area contributed by atoms with Gasteiger partial charge < -0.3 is 13.6 Å². The Hall–Kier alpha value is -3.68. The Labute approximate surface area is 152 Å². The molecule has 7 nitrogen and oxygen atoms in total. The van der Waals surface area contributed by atoms with Crippen LogP contribution in [0.15, 0.2) is 57.4 Å². The minimum Gasteiger partial charge on any atom is -0.490 e. The highest BCUT2D eigenvalue weighted by Gasteiger charge is 2.18. The van der Waals surface area contributed by atoms with Gasteiger partial charge in [-0.2, -0.15) is 0 Å². The Balaban J connectivity index is 1.56. The Morgan fingerprint density at radius 3 is 2.81 bits per heavy atom. The van der Waals surface area contributed by atoms with Crippen molar-refractivity contribution in [1.29, 1.82) is 0 Å². The van der Waals surface area contributed by atoms with E-state index in [1.54, 1.807) is 18.2 Å². The first-order valence-corrected chi connectivity index (χ1v) is 8.20. The van der Waals surface area contributed by atoms with Gasteiger partial charge in [0.25, 0.3) is 5.91 Å².